The molecule has 0 saturated heterocycles. The second kappa shape index (κ2) is 19.1. The number of rotatable bonds is 7. The SMILES string of the molecule is CC(=O)/C=C(/C)O.[Rh].c1ccc(P(c2ccccc2)c2ccc3ccccc3c2-c2c(Op3oc4ccc5ccccc5c4c4c(ccc5ccccc54)o3)ccc3ccccc23)cc1. The third-order valence-corrected chi connectivity index (χ3v) is 14.8. The van der Waals surface area contributed by atoms with Crippen LogP contribution in [0, 0.1) is 0 Å². The van der Waals surface area contributed by atoms with Crippen molar-refractivity contribution in [2.45, 2.75) is 13.8 Å². The first-order valence-corrected chi connectivity index (χ1v) is 23.5. The van der Waals surface area contributed by atoms with Gasteiger partial charge in [-0.3, -0.25) is 4.79 Å². The van der Waals surface area contributed by atoms with Crippen molar-refractivity contribution in [3.8, 4) is 16.9 Å². The van der Waals surface area contributed by atoms with Crippen LogP contribution in [0.15, 0.2) is 226 Å². The Hall–Kier alpha value is -6.80. The molecule has 0 saturated carbocycles. The second-order valence-electron chi connectivity index (χ2n) is 15.6. The Balaban J connectivity index is 0.000000619. The summed E-state index contributed by atoms with van der Waals surface area (Å²) in [6, 6.07) is 73.3. The summed E-state index contributed by atoms with van der Waals surface area (Å²) in [7, 11) is -2.94. The molecule has 0 spiro atoms. The molecule has 1 heterocycles. The van der Waals surface area contributed by atoms with Crippen molar-refractivity contribution in [2.75, 3.05) is 0 Å². The Morgan fingerprint density at radius 3 is 1.35 bits per heavy atom. The number of carbonyl (C=O) groups excluding carboxylic acids is 1. The third-order valence-electron chi connectivity index (χ3n) is 11.3. The molecule has 0 aliphatic heterocycles. The molecule has 65 heavy (non-hydrogen) atoms. The average molecular weight is 972 g/mol. The third kappa shape index (κ3) is 8.74. The molecule has 319 valence electrons. The van der Waals surface area contributed by atoms with E-state index in [1.54, 1.807) is 0 Å². The number of hydrogen-bond donors (Lipinski definition) is 1. The predicted octanol–water partition coefficient (Wildman–Crippen LogP) is 15.2. The maximum Gasteiger partial charge on any atom is 0.453 e. The first-order valence-electron chi connectivity index (χ1n) is 21.1. The predicted molar refractivity (Wildman–Crippen MR) is 270 cm³/mol. The molecule has 10 aromatic carbocycles. The Kier molecular flexibility index (Phi) is 12.8. The molecule has 1 radical (unpaired) electrons. The standard InChI is InChI=1S/C52H34O3P2.C5H8O2.Rh/c1-3-19-39(20-4-1)56(40-21-5-2-6-22-40)48-34-30-38-18-10-14-26-44(38)52(48)51-43-25-13-9-17-37(43)29-33-47(51)55-57-53-45-31-27-35-15-7-11-23-41(35)49(45)50-42-24-12-8-16-36(42)28-32-46(50)54-57;1-4(6)3-5(2)7;/h1-34H;3,6H,1-2H3;/b;4-3-;. The minimum atomic E-state index is -1.97. The van der Waals surface area contributed by atoms with Crippen LogP contribution in [0.5, 0.6) is 5.75 Å². The molecule has 0 bridgehead atoms. The number of allylic oxidation sites excluding steroid dienone is 2. The Morgan fingerprint density at radius 1 is 0.492 bits per heavy atom. The number of hydrogen-bond acceptors (Lipinski definition) is 5. The van der Waals surface area contributed by atoms with Crippen molar-refractivity contribution in [3.05, 3.63) is 218 Å². The van der Waals surface area contributed by atoms with Crippen LogP contribution in [0.4, 0.5) is 0 Å². The van der Waals surface area contributed by atoms with E-state index in [1.165, 1.54) is 46.6 Å². The van der Waals surface area contributed by atoms with Gasteiger partial charge in [0.05, 0.1) is 5.76 Å². The van der Waals surface area contributed by atoms with Gasteiger partial charge in [0.1, 0.15) is 16.9 Å². The fourth-order valence-electron chi connectivity index (χ4n) is 8.64. The number of aliphatic hydroxyl groups is 1. The molecule has 0 fully saturated rings. The fraction of sp³-hybridized carbons (Fsp3) is 0.0351. The fourth-order valence-corrected chi connectivity index (χ4v) is 12.2. The molecule has 1 N–H and O–H groups in total. The van der Waals surface area contributed by atoms with Gasteiger partial charge in [-0.2, -0.15) is 0 Å². The van der Waals surface area contributed by atoms with E-state index in [9.17, 15) is 4.79 Å². The normalized spacial score (nSPS) is 11.5. The zero-order valence-corrected chi connectivity index (χ0v) is 38.9. The van der Waals surface area contributed by atoms with Crippen LogP contribution in [0.2, 0.25) is 0 Å². The number of carbonyl (C=O) groups is 1. The number of aliphatic hydroxyl groups excluding tert-OH is 1. The topological polar surface area (TPSA) is 72.8 Å². The molecular weight excluding hydrogens is 929 g/mol. The van der Waals surface area contributed by atoms with Gasteiger partial charge in [0, 0.05) is 47.5 Å². The second-order valence-corrected chi connectivity index (χ2v) is 18.7. The first-order chi connectivity index (χ1) is 31.4. The number of ketones is 1. The van der Waals surface area contributed by atoms with E-state index in [4.69, 9.17) is 18.0 Å². The summed E-state index contributed by atoms with van der Waals surface area (Å²) in [6.45, 7) is 2.85. The molecule has 11 rings (SSSR count). The number of fused-ring (bicyclic) bond motifs is 9. The monoisotopic (exact) mass is 971 g/mol. The van der Waals surface area contributed by atoms with Crippen LogP contribution >= 0.6 is 16.2 Å². The van der Waals surface area contributed by atoms with E-state index in [0.29, 0.717) is 5.75 Å². The molecule has 0 aliphatic carbocycles. The maximum atomic E-state index is 10.0. The molecule has 0 unspecified atom stereocenters. The summed E-state index contributed by atoms with van der Waals surface area (Å²) < 4.78 is 21.1. The van der Waals surface area contributed by atoms with E-state index in [1.807, 2.05) is 0 Å². The van der Waals surface area contributed by atoms with Crippen molar-refractivity contribution in [3.63, 3.8) is 0 Å². The zero-order chi connectivity index (χ0) is 43.6. The summed E-state index contributed by atoms with van der Waals surface area (Å²) in [5.74, 6) is 0.646. The van der Waals surface area contributed by atoms with Gasteiger partial charge in [0.2, 0.25) is 0 Å². The molecule has 0 amide bonds. The Bertz CT molecular complexity index is 3470. The molecule has 8 heteroatoms. The van der Waals surface area contributed by atoms with Crippen molar-refractivity contribution >= 4 is 103 Å². The van der Waals surface area contributed by atoms with Crippen molar-refractivity contribution in [1.82, 2.24) is 0 Å². The molecular formula is C57H42O5P2Rh. The summed E-state index contributed by atoms with van der Waals surface area (Å²) in [5.41, 5.74) is 3.65. The van der Waals surface area contributed by atoms with E-state index < -0.39 is 16.2 Å². The summed E-state index contributed by atoms with van der Waals surface area (Å²) in [5, 5.41) is 23.3. The summed E-state index contributed by atoms with van der Waals surface area (Å²) >= 11 is 0. The molecule has 1 aromatic heterocycles. The zero-order valence-electron chi connectivity index (χ0n) is 35.5. The molecule has 5 nitrogen and oxygen atoms in total. The maximum absolute atomic E-state index is 10.0. The average Bonchev–Trinajstić information content (AvgIpc) is 3.49. The van der Waals surface area contributed by atoms with E-state index >= 15 is 0 Å². The van der Waals surface area contributed by atoms with Crippen LogP contribution in [-0.4, -0.2) is 10.9 Å². The molecule has 0 atom stereocenters. The number of benzene rings is 10. The smallest absolute Gasteiger partial charge is 0.453 e. The minimum Gasteiger partial charge on any atom is -0.512 e. The van der Waals surface area contributed by atoms with Gasteiger partial charge in [0.25, 0.3) is 0 Å². The van der Waals surface area contributed by atoms with Crippen LogP contribution in [-0.2, 0) is 24.3 Å². The van der Waals surface area contributed by atoms with E-state index in [2.05, 4.69) is 206 Å². The summed E-state index contributed by atoms with van der Waals surface area (Å²) in [6.07, 6.45) is 1.17. The van der Waals surface area contributed by atoms with Gasteiger partial charge >= 0.3 is 8.24 Å². The minimum absolute atomic E-state index is 0. The largest absolute Gasteiger partial charge is 0.512 e. The quantitative estimate of drug-likeness (QED) is 0.0746. The van der Waals surface area contributed by atoms with Gasteiger partial charge in [-0.15, -0.1) is 0 Å². The van der Waals surface area contributed by atoms with Crippen molar-refractivity contribution in [2.24, 2.45) is 0 Å². The van der Waals surface area contributed by atoms with Crippen LogP contribution < -0.4 is 20.4 Å². The molecule has 0 aliphatic rings. The summed E-state index contributed by atoms with van der Waals surface area (Å²) in [4.78, 5) is 10.0. The van der Waals surface area contributed by atoms with Crippen LogP contribution in [0.1, 0.15) is 13.8 Å². The van der Waals surface area contributed by atoms with E-state index in [0.717, 1.165) is 65.4 Å². The van der Waals surface area contributed by atoms with Gasteiger partial charge in [0.15, 0.2) is 5.78 Å². The van der Waals surface area contributed by atoms with Crippen molar-refractivity contribution < 1.29 is 42.3 Å². The van der Waals surface area contributed by atoms with E-state index in [-0.39, 0.29) is 31.0 Å². The van der Waals surface area contributed by atoms with Crippen LogP contribution in [0.3, 0.4) is 0 Å². The van der Waals surface area contributed by atoms with Crippen LogP contribution in [0.25, 0.3) is 76.2 Å². The van der Waals surface area contributed by atoms with Gasteiger partial charge < -0.3 is 18.0 Å². The Morgan fingerprint density at radius 2 is 0.892 bits per heavy atom. The molecule has 11 aromatic rings. The van der Waals surface area contributed by atoms with Crippen molar-refractivity contribution in [1.29, 1.82) is 0 Å². The van der Waals surface area contributed by atoms with Gasteiger partial charge in [-0.1, -0.05) is 188 Å². The first kappa shape index (κ1) is 43.5. The van der Waals surface area contributed by atoms with Gasteiger partial charge in [-0.05, 0) is 99.0 Å². The Labute approximate surface area is 391 Å². The van der Waals surface area contributed by atoms with Gasteiger partial charge in [-0.25, -0.2) is 0 Å².